The number of hydrogen-bond acceptors (Lipinski definition) is 4. The average Bonchev–Trinajstić information content (AvgIpc) is 2.94. The van der Waals surface area contributed by atoms with Crippen molar-refractivity contribution in [2.45, 2.75) is 23.0 Å². The third kappa shape index (κ3) is 6.54. The molecule has 1 aromatic carbocycles. The van der Waals surface area contributed by atoms with E-state index in [0.717, 1.165) is 18.1 Å². The minimum Gasteiger partial charge on any atom is -0.464 e. The third-order valence-electron chi connectivity index (χ3n) is 2.66. The Bertz CT molecular complexity index is 519. The zero-order chi connectivity index (χ0) is 14.9. The molecule has 0 atom stereocenters. The highest BCUT2D eigenvalue weighted by molar-refractivity contribution is 7.99. The number of nitrogens with one attached hydrogen (secondary N) is 1. The first-order chi connectivity index (χ1) is 10.2. The molecule has 2 nitrogen and oxygen atoms in total. The van der Waals surface area contributed by atoms with Crippen LogP contribution in [0.4, 0.5) is 8.78 Å². The lowest BCUT2D eigenvalue weighted by atomic mass is 10.4. The van der Waals surface area contributed by atoms with Gasteiger partial charge in [0.2, 0.25) is 0 Å². The molecular weight excluding hydrogens is 312 g/mol. The van der Waals surface area contributed by atoms with Crippen molar-refractivity contribution < 1.29 is 13.2 Å². The fraction of sp³-hybridized carbons (Fsp3) is 0.333. The van der Waals surface area contributed by atoms with Gasteiger partial charge in [-0.3, -0.25) is 0 Å². The average molecular weight is 329 g/mol. The van der Waals surface area contributed by atoms with Gasteiger partial charge in [0.1, 0.15) is 11.5 Å². The van der Waals surface area contributed by atoms with Gasteiger partial charge in [0, 0.05) is 17.2 Å². The summed E-state index contributed by atoms with van der Waals surface area (Å²) in [6.45, 7) is 1.48. The molecule has 0 aliphatic carbocycles. The van der Waals surface area contributed by atoms with Crippen molar-refractivity contribution in [1.29, 1.82) is 0 Å². The highest BCUT2D eigenvalue weighted by atomic mass is 32.2. The number of alkyl halides is 2. The molecule has 0 spiro atoms. The van der Waals surface area contributed by atoms with Gasteiger partial charge >= 0.3 is 0 Å². The van der Waals surface area contributed by atoms with Gasteiger partial charge in [0.25, 0.3) is 5.76 Å². The lowest BCUT2D eigenvalue weighted by Gasteiger charge is -2.03. The van der Waals surface area contributed by atoms with E-state index in [4.69, 9.17) is 4.42 Å². The standard InChI is InChI=1S/C15H17F2NOS2/c16-15(17)21-11-13-7-6-12(19-13)10-18-8-9-20-14-4-2-1-3-5-14/h1-7,15,18H,8-11H2. The van der Waals surface area contributed by atoms with Crippen LogP contribution in [0.5, 0.6) is 0 Å². The summed E-state index contributed by atoms with van der Waals surface area (Å²) in [7, 11) is 0. The van der Waals surface area contributed by atoms with Crippen molar-refractivity contribution in [2.24, 2.45) is 0 Å². The van der Waals surface area contributed by atoms with E-state index in [1.165, 1.54) is 4.90 Å². The van der Waals surface area contributed by atoms with Crippen molar-refractivity contribution in [1.82, 2.24) is 5.32 Å². The Labute approximate surface area is 131 Å². The maximum Gasteiger partial charge on any atom is 0.284 e. The lowest BCUT2D eigenvalue weighted by Crippen LogP contribution is -2.16. The van der Waals surface area contributed by atoms with Gasteiger partial charge < -0.3 is 9.73 Å². The van der Waals surface area contributed by atoms with Crippen molar-refractivity contribution in [3.05, 3.63) is 54.0 Å². The zero-order valence-corrected chi connectivity index (χ0v) is 13.1. The van der Waals surface area contributed by atoms with Crippen molar-refractivity contribution in [3.8, 4) is 0 Å². The highest BCUT2D eigenvalue weighted by Gasteiger charge is 2.07. The smallest absolute Gasteiger partial charge is 0.284 e. The number of rotatable bonds is 9. The van der Waals surface area contributed by atoms with Gasteiger partial charge in [0.15, 0.2) is 0 Å². The molecule has 0 aliphatic rings. The van der Waals surface area contributed by atoms with E-state index >= 15 is 0 Å². The topological polar surface area (TPSA) is 25.2 Å². The summed E-state index contributed by atoms with van der Waals surface area (Å²) in [6, 6.07) is 13.8. The molecule has 6 heteroatoms. The fourth-order valence-corrected chi connectivity index (χ4v) is 2.99. The normalized spacial score (nSPS) is 11.2. The first-order valence-corrected chi connectivity index (χ1v) is 8.63. The number of halogens is 2. The summed E-state index contributed by atoms with van der Waals surface area (Å²) in [4.78, 5) is 1.25. The van der Waals surface area contributed by atoms with Gasteiger partial charge in [0.05, 0.1) is 12.3 Å². The van der Waals surface area contributed by atoms with Crippen molar-refractivity contribution in [3.63, 3.8) is 0 Å². The Hall–Kier alpha value is -0.980. The molecule has 2 aromatic rings. The molecule has 1 N–H and O–H groups in total. The van der Waals surface area contributed by atoms with Gasteiger partial charge in [-0.05, 0) is 24.3 Å². The van der Waals surface area contributed by atoms with Crippen LogP contribution < -0.4 is 5.32 Å². The number of thioether (sulfide) groups is 2. The van der Waals surface area contributed by atoms with Crippen LogP contribution in [0.15, 0.2) is 51.8 Å². The molecule has 0 bridgehead atoms. The van der Waals surface area contributed by atoms with Crippen LogP contribution in [0.1, 0.15) is 11.5 Å². The number of benzene rings is 1. The molecule has 2 rings (SSSR count). The molecule has 21 heavy (non-hydrogen) atoms. The predicted octanol–water partition coefficient (Wildman–Crippen LogP) is 4.62. The predicted molar refractivity (Wildman–Crippen MR) is 84.9 cm³/mol. The van der Waals surface area contributed by atoms with Crippen LogP contribution in [-0.2, 0) is 12.3 Å². The van der Waals surface area contributed by atoms with Crippen LogP contribution in [0, 0.1) is 0 Å². The third-order valence-corrected chi connectivity index (χ3v) is 4.38. The summed E-state index contributed by atoms with van der Waals surface area (Å²) in [5.41, 5.74) is 0. The quantitative estimate of drug-likeness (QED) is 0.536. The first kappa shape index (κ1) is 16.4. The Morgan fingerprint density at radius 3 is 2.57 bits per heavy atom. The van der Waals surface area contributed by atoms with Crippen LogP contribution in [0.3, 0.4) is 0 Å². The maximum atomic E-state index is 12.1. The summed E-state index contributed by atoms with van der Waals surface area (Å²) in [5, 5.41) is 3.28. The highest BCUT2D eigenvalue weighted by Crippen LogP contribution is 2.21. The van der Waals surface area contributed by atoms with Gasteiger partial charge in [-0.15, -0.1) is 11.8 Å². The van der Waals surface area contributed by atoms with Gasteiger partial charge in [-0.2, -0.15) is 8.78 Å². The molecule has 0 unspecified atom stereocenters. The Morgan fingerprint density at radius 1 is 1.05 bits per heavy atom. The second-order valence-electron chi connectivity index (χ2n) is 4.28. The van der Waals surface area contributed by atoms with E-state index in [1.807, 2.05) is 24.3 Å². The first-order valence-electron chi connectivity index (χ1n) is 6.60. The largest absolute Gasteiger partial charge is 0.464 e. The molecule has 0 saturated heterocycles. The molecule has 1 heterocycles. The van der Waals surface area contributed by atoms with Crippen LogP contribution in [-0.4, -0.2) is 18.1 Å². The van der Waals surface area contributed by atoms with E-state index in [9.17, 15) is 8.78 Å². The Kier molecular flexibility index (Phi) is 7.12. The zero-order valence-electron chi connectivity index (χ0n) is 11.4. The molecule has 0 amide bonds. The van der Waals surface area contributed by atoms with E-state index in [2.05, 4.69) is 17.4 Å². The molecular formula is C15H17F2NOS2. The minimum atomic E-state index is -2.35. The molecule has 0 saturated carbocycles. The second-order valence-corrected chi connectivity index (χ2v) is 6.42. The van der Waals surface area contributed by atoms with Crippen LogP contribution in [0.2, 0.25) is 0 Å². The summed E-state index contributed by atoms with van der Waals surface area (Å²) in [5.74, 6) is 0.201. The number of hydrogen-bond donors (Lipinski definition) is 1. The Morgan fingerprint density at radius 2 is 1.81 bits per heavy atom. The van der Waals surface area contributed by atoms with Crippen molar-refractivity contribution >= 4 is 23.5 Å². The van der Waals surface area contributed by atoms with Gasteiger partial charge in [-0.25, -0.2) is 0 Å². The van der Waals surface area contributed by atoms with E-state index in [0.29, 0.717) is 24.1 Å². The second kappa shape index (κ2) is 9.12. The van der Waals surface area contributed by atoms with Gasteiger partial charge in [-0.1, -0.05) is 30.0 Å². The van der Waals surface area contributed by atoms with E-state index < -0.39 is 5.76 Å². The molecule has 1 aromatic heterocycles. The lowest BCUT2D eigenvalue weighted by molar-refractivity contribution is 0.251. The van der Waals surface area contributed by atoms with E-state index in [1.54, 1.807) is 17.8 Å². The summed E-state index contributed by atoms with van der Waals surface area (Å²) < 4.78 is 29.6. The summed E-state index contributed by atoms with van der Waals surface area (Å²) >= 11 is 2.37. The summed E-state index contributed by atoms with van der Waals surface area (Å²) in [6.07, 6.45) is 0. The number of furan rings is 1. The van der Waals surface area contributed by atoms with E-state index in [-0.39, 0.29) is 5.75 Å². The maximum absolute atomic E-state index is 12.1. The monoisotopic (exact) mass is 329 g/mol. The molecule has 114 valence electrons. The minimum absolute atomic E-state index is 0.210. The Balaban J connectivity index is 1.60. The van der Waals surface area contributed by atoms with Crippen LogP contribution in [0.25, 0.3) is 0 Å². The molecule has 0 radical (unpaired) electrons. The van der Waals surface area contributed by atoms with Crippen LogP contribution >= 0.6 is 23.5 Å². The molecule has 0 fully saturated rings. The fourth-order valence-electron chi connectivity index (χ4n) is 1.71. The van der Waals surface area contributed by atoms with Crippen molar-refractivity contribution in [2.75, 3.05) is 12.3 Å². The molecule has 0 aliphatic heterocycles. The SMILES string of the molecule is FC(F)SCc1ccc(CNCCSc2ccccc2)o1.